The van der Waals surface area contributed by atoms with Crippen LogP contribution >= 0.6 is 11.3 Å². The molecule has 28 heavy (non-hydrogen) atoms. The van der Waals surface area contributed by atoms with Gasteiger partial charge in [-0.15, -0.1) is 11.3 Å². The molecule has 1 heterocycles. The summed E-state index contributed by atoms with van der Waals surface area (Å²) in [5.74, 6) is -0.184. The summed E-state index contributed by atoms with van der Waals surface area (Å²) in [5.41, 5.74) is 7.22. The molecule has 2 aromatic carbocycles. The first kappa shape index (κ1) is 21.3. The second-order valence-electron chi connectivity index (χ2n) is 6.07. The molecule has 0 aliphatic heterocycles. The van der Waals surface area contributed by atoms with Gasteiger partial charge >= 0.3 is 0 Å². The summed E-state index contributed by atoms with van der Waals surface area (Å²) in [5, 5.41) is 5.89. The minimum atomic E-state index is -0.184. The van der Waals surface area contributed by atoms with Crippen LogP contribution in [0.15, 0.2) is 83.3 Å². The maximum absolute atomic E-state index is 11.7. The molecule has 0 aliphatic rings. The average Bonchev–Trinajstić information content (AvgIpc) is 3.28. The van der Waals surface area contributed by atoms with E-state index in [1.807, 2.05) is 48.7 Å². The first-order chi connectivity index (χ1) is 13.7. The third kappa shape index (κ3) is 6.63. The lowest BCUT2D eigenvalue weighted by Crippen LogP contribution is -2.16. The van der Waals surface area contributed by atoms with Crippen molar-refractivity contribution in [1.82, 2.24) is 5.43 Å². The summed E-state index contributed by atoms with van der Waals surface area (Å²) >= 11 is 1.39. The third-order valence-electron chi connectivity index (χ3n) is 4.13. The lowest BCUT2D eigenvalue weighted by molar-refractivity contribution is 0.0959. The van der Waals surface area contributed by atoms with Crippen molar-refractivity contribution in [2.75, 3.05) is 0 Å². The Hall–Kier alpha value is -2.98. The molecular formula is C24H26N2OS. The van der Waals surface area contributed by atoms with Gasteiger partial charge in [0.15, 0.2) is 0 Å². The van der Waals surface area contributed by atoms with E-state index in [0.717, 1.165) is 17.6 Å². The number of amides is 1. The molecular weight excluding hydrogens is 364 g/mol. The van der Waals surface area contributed by atoms with E-state index in [-0.39, 0.29) is 5.91 Å². The fourth-order valence-electron chi connectivity index (χ4n) is 2.53. The van der Waals surface area contributed by atoms with Gasteiger partial charge in [-0.3, -0.25) is 4.79 Å². The molecule has 3 aromatic rings. The highest BCUT2D eigenvalue weighted by atomic mass is 32.1. The first-order valence-corrected chi connectivity index (χ1v) is 10.2. The van der Waals surface area contributed by atoms with Crippen LogP contribution in [0, 0.1) is 6.92 Å². The average molecular weight is 391 g/mol. The molecule has 0 atom stereocenters. The van der Waals surface area contributed by atoms with Crippen LogP contribution < -0.4 is 5.43 Å². The van der Waals surface area contributed by atoms with E-state index in [4.69, 9.17) is 0 Å². The molecule has 0 fully saturated rings. The summed E-state index contributed by atoms with van der Waals surface area (Å²) in [6.07, 6.45) is 4.79. The Labute approximate surface area is 171 Å². The molecule has 0 bridgehead atoms. The lowest BCUT2D eigenvalue weighted by atomic mass is 10.0. The quantitative estimate of drug-likeness (QED) is 0.413. The van der Waals surface area contributed by atoms with Crippen molar-refractivity contribution in [3.05, 3.63) is 99.8 Å². The monoisotopic (exact) mass is 390 g/mol. The molecule has 1 amide bonds. The minimum Gasteiger partial charge on any atom is -0.266 e. The van der Waals surface area contributed by atoms with Crippen LogP contribution in [0.3, 0.4) is 0 Å². The highest BCUT2D eigenvalue weighted by molar-refractivity contribution is 7.12. The Bertz CT molecular complexity index is 913. The summed E-state index contributed by atoms with van der Waals surface area (Å²) in [6, 6.07) is 22.2. The van der Waals surface area contributed by atoms with Crippen molar-refractivity contribution in [3.63, 3.8) is 0 Å². The van der Waals surface area contributed by atoms with Gasteiger partial charge in [0.2, 0.25) is 0 Å². The predicted molar refractivity (Wildman–Crippen MR) is 121 cm³/mol. The molecule has 0 spiro atoms. The molecule has 0 radical (unpaired) electrons. The van der Waals surface area contributed by atoms with E-state index in [9.17, 15) is 4.79 Å². The van der Waals surface area contributed by atoms with Crippen LogP contribution in [0.5, 0.6) is 0 Å². The van der Waals surface area contributed by atoms with Crippen molar-refractivity contribution in [1.29, 1.82) is 0 Å². The normalized spacial score (nSPS) is 11.0. The Balaban J connectivity index is 0.000000292. The summed E-state index contributed by atoms with van der Waals surface area (Å²) < 4.78 is 0. The van der Waals surface area contributed by atoms with Crippen molar-refractivity contribution in [2.45, 2.75) is 27.2 Å². The number of hydrogen-bond donors (Lipinski definition) is 1. The molecule has 4 heteroatoms. The SMILES string of the molecule is C/C=C(/C=N/NC(=O)c1cccs1)c1ccccc1C.CCc1ccccc1. The Morgan fingerprint density at radius 1 is 1.04 bits per heavy atom. The van der Waals surface area contributed by atoms with Gasteiger partial charge in [0.25, 0.3) is 5.91 Å². The van der Waals surface area contributed by atoms with Gasteiger partial charge in [0, 0.05) is 0 Å². The van der Waals surface area contributed by atoms with Gasteiger partial charge in [0.1, 0.15) is 0 Å². The van der Waals surface area contributed by atoms with Crippen molar-refractivity contribution in [2.24, 2.45) is 5.10 Å². The number of carbonyl (C=O) groups is 1. The maximum Gasteiger partial charge on any atom is 0.281 e. The topological polar surface area (TPSA) is 41.5 Å². The van der Waals surface area contributed by atoms with Crippen LogP contribution in [0.4, 0.5) is 0 Å². The second-order valence-corrected chi connectivity index (χ2v) is 7.02. The molecule has 3 rings (SSSR count). The first-order valence-electron chi connectivity index (χ1n) is 9.28. The number of hydrazone groups is 1. The van der Waals surface area contributed by atoms with Crippen LogP contribution in [0.2, 0.25) is 0 Å². The predicted octanol–water partition coefficient (Wildman–Crippen LogP) is 6.12. The number of aryl methyl sites for hydroxylation is 2. The zero-order valence-corrected chi connectivity index (χ0v) is 17.4. The van der Waals surface area contributed by atoms with Gasteiger partial charge in [-0.05, 0) is 54.0 Å². The number of nitrogens with one attached hydrogen (secondary N) is 1. The second kappa shape index (κ2) is 11.7. The van der Waals surface area contributed by atoms with E-state index >= 15 is 0 Å². The largest absolute Gasteiger partial charge is 0.281 e. The molecule has 1 N–H and O–H groups in total. The van der Waals surface area contributed by atoms with Crippen LogP contribution in [0.1, 0.15) is 40.2 Å². The number of nitrogens with zero attached hydrogens (tertiary/aromatic N) is 1. The van der Waals surface area contributed by atoms with Gasteiger partial charge < -0.3 is 0 Å². The summed E-state index contributed by atoms with van der Waals surface area (Å²) in [4.78, 5) is 12.4. The molecule has 144 valence electrons. The highest BCUT2D eigenvalue weighted by Gasteiger charge is 2.05. The number of thiophene rings is 1. The van der Waals surface area contributed by atoms with Crippen molar-refractivity contribution in [3.8, 4) is 0 Å². The van der Waals surface area contributed by atoms with Crippen LogP contribution in [-0.2, 0) is 6.42 Å². The molecule has 0 saturated heterocycles. The maximum atomic E-state index is 11.7. The van der Waals surface area contributed by atoms with Gasteiger partial charge in [-0.1, -0.05) is 73.7 Å². The van der Waals surface area contributed by atoms with E-state index in [1.54, 1.807) is 12.3 Å². The summed E-state index contributed by atoms with van der Waals surface area (Å²) in [6.45, 7) is 6.17. The smallest absolute Gasteiger partial charge is 0.266 e. The number of carbonyl (C=O) groups excluding carboxylic acids is 1. The zero-order valence-electron chi connectivity index (χ0n) is 16.6. The van der Waals surface area contributed by atoms with Crippen molar-refractivity contribution >= 4 is 29.0 Å². The number of hydrogen-bond acceptors (Lipinski definition) is 3. The zero-order chi connectivity index (χ0) is 20.2. The van der Waals surface area contributed by atoms with E-state index in [2.05, 4.69) is 54.7 Å². The van der Waals surface area contributed by atoms with E-state index in [0.29, 0.717) is 4.88 Å². The summed E-state index contributed by atoms with van der Waals surface area (Å²) in [7, 11) is 0. The molecule has 1 aromatic heterocycles. The van der Waals surface area contributed by atoms with E-state index < -0.39 is 0 Å². The fourth-order valence-corrected chi connectivity index (χ4v) is 3.15. The van der Waals surface area contributed by atoms with Gasteiger partial charge in [-0.2, -0.15) is 5.10 Å². The molecule has 3 nitrogen and oxygen atoms in total. The Morgan fingerprint density at radius 2 is 1.75 bits per heavy atom. The van der Waals surface area contributed by atoms with Crippen LogP contribution in [-0.4, -0.2) is 12.1 Å². The van der Waals surface area contributed by atoms with Gasteiger partial charge in [-0.25, -0.2) is 5.43 Å². The van der Waals surface area contributed by atoms with Gasteiger partial charge in [0.05, 0.1) is 11.1 Å². The Morgan fingerprint density at radius 3 is 2.32 bits per heavy atom. The number of rotatable bonds is 5. The highest BCUT2D eigenvalue weighted by Crippen LogP contribution is 2.16. The number of benzene rings is 2. The lowest BCUT2D eigenvalue weighted by Gasteiger charge is -2.05. The molecule has 0 aliphatic carbocycles. The molecule has 0 saturated carbocycles. The minimum absolute atomic E-state index is 0.184. The van der Waals surface area contributed by atoms with Crippen molar-refractivity contribution < 1.29 is 4.79 Å². The Kier molecular flexibility index (Phi) is 8.89. The molecule has 0 unspecified atom stereocenters. The van der Waals surface area contributed by atoms with E-state index in [1.165, 1.54) is 22.5 Å². The third-order valence-corrected chi connectivity index (χ3v) is 5.00. The van der Waals surface area contributed by atoms with Crippen LogP contribution in [0.25, 0.3) is 5.57 Å². The fraction of sp³-hybridized carbons (Fsp3) is 0.167. The standard InChI is InChI=1S/C16H16N2OS.C8H10/c1-3-13(14-8-5-4-7-12(14)2)11-17-18-16(19)15-9-6-10-20-15;1-2-8-6-4-3-5-7-8/h3-11H,1-2H3,(H,18,19);3-7H,2H2,1H3/b13-3-,17-11+;. The number of allylic oxidation sites excluding steroid dienone is 2.